The van der Waals surface area contributed by atoms with E-state index in [0.29, 0.717) is 11.5 Å². The highest BCUT2D eigenvalue weighted by molar-refractivity contribution is 5.90. The van der Waals surface area contributed by atoms with Crippen LogP contribution in [0.15, 0.2) is 72.1 Å². The van der Waals surface area contributed by atoms with E-state index in [0.717, 1.165) is 34.1 Å². The number of nitrogens with two attached hydrogens (primary N) is 1. The first-order valence-electron chi connectivity index (χ1n) is 9.26. The lowest BCUT2D eigenvalue weighted by Crippen LogP contribution is -2.21. The Morgan fingerprint density at radius 1 is 1.04 bits per heavy atom. The second-order valence-electron chi connectivity index (χ2n) is 7.47. The van der Waals surface area contributed by atoms with Gasteiger partial charge in [-0.05, 0) is 28.9 Å². The summed E-state index contributed by atoms with van der Waals surface area (Å²) in [6.07, 6.45) is 1.04. The smallest absolute Gasteiger partial charge is 0.205 e. The van der Waals surface area contributed by atoms with Crippen LogP contribution < -0.4 is 10.5 Å². The van der Waals surface area contributed by atoms with Crippen LogP contribution in [-0.4, -0.2) is 0 Å². The summed E-state index contributed by atoms with van der Waals surface area (Å²) in [6, 6.07) is 23.0. The number of rotatable bonds is 3. The molecule has 0 saturated heterocycles. The van der Waals surface area contributed by atoms with Crippen molar-refractivity contribution in [1.82, 2.24) is 0 Å². The van der Waals surface area contributed by atoms with Gasteiger partial charge in [-0.2, -0.15) is 5.26 Å². The highest BCUT2D eigenvalue weighted by atomic mass is 16.5. The minimum Gasteiger partial charge on any atom is -0.440 e. The van der Waals surface area contributed by atoms with Crippen molar-refractivity contribution >= 4 is 10.8 Å². The molecule has 0 aromatic heterocycles. The van der Waals surface area contributed by atoms with Crippen molar-refractivity contribution in [3.8, 4) is 11.8 Å². The third-order valence-corrected chi connectivity index (χ3v) is 5.06. The number of benzene rings is 3. The quantitative estimate of drug-likeness (QED) is 0.698. The molecular formula is C24H22N2O. The van der Waals surface area contributed by atoms with E-state index in [4.69, 9.17) is 10.5 Å². The largest absolute Gasteiger partial charge is 0.440 e. The van der Waals surface area contributed by atoms with Gasteiger partial charge in [-0.1, -0.05) is 74.5 Å². The second kappa shape index (κ2) is 6.81. The molecule has 1 atom stereocenters. The van der Waals surface area contributed by atoms with E-state index < -0.39 is 0 Å². The van der Waals surface area contributed by atoms with E-state index in [2.05, 4.69) is 56.3 Å². The van der Waals surface area contributed by atoms with Gasteiger partial charge in [0.2, 0.25) is 5.88 Å². The average molecular weight is 354 g/mol. The van der Waals surface area contributed by atoms with Crippen LogP contribution >= 0.6 is 0 Å². The number of nitrogens with zero attached hydrogens (tertiary/aromatic N) is 1. The number of allylic oxidation sites excluding steroid dienone is 1. The summed E-state index contributed by atoms with van der Waals surface area (Å²) < 4.78 is 5.91. The molecule has 27 heavy (non-hydrogen) atoms. The standard InChI is InChI=1S/C24H22N2O/c1-15(2)13-16-7-9-18(10-8-16)22-20-12-11-17-5-3-4-6-19(17)23(20)27-24(26)21(22)14-25/h3-12,15,22H,13,26H2,1-2H3. The number of hydrogen-bond acceptors (Lipinski definition) is 3. The Bertz CT molecular complexity index is 1070. The molecule has 0 fully saturated rings. The molecule has 0 radical (unpaired) electrons. The molecule has 1 aliphatic rings. The first-order valence-corrected chi connectivity index (χ1v) is 9.26. The zero-order valence-electron chi connectivity index (χ0n) is 15.6. The molecule has 0 bridgehead atoms. The van der Waals surface area contributed by atoms with Crippen molar-refractivity contribution in [2.24, 2.45) is 11.7 Å². The molecule has 3 aromatic rings. The molecule has 3 nitrogen and oxygen atoms in total. The van der Waals surface area contributed by atoms with Crippen molar-refractivity contribution in [2.75, 3.05) is 0 Å². The van der Waals surface area contributed by atoms with E-state index in [9.17, 15) is 5.26 Å². The molecule has 3 heteroatoms. The van der Waals surface area contributed by atoms with Crippen LogP contribution in [-0.2, 0) is 6.42 Å². The average Bonchev–Trinajstić information content (AvgIpc) is 2.67. The van der Waals surface area contributed by atoms with Gasteiger partial charge in [0.05, 0.1) is 5.92 Å². The van der Waals surface area contributed by atoms with Gasteiger partial charge >= 0.3 is 0 Å². The molecule has 3 aromatic carbocycles. The van der Waals surface area contributed by atoms with Gasteiger partial charge < -0.3 is 10.5 Å². The zero-order valence-corrected chi connectivity index (χ0v) is 15.6. The summed E-state index contributed by atoms with van der Waals surface area (Å²) in [5.74, 6) is 1.34. The summed E-state index contributed by atoms with van der Waals surface area (Å²) in [5.41, 5.74) is 9.96. The highest BCUT2D eigenvalue weighted by Crippen LogP contribution is 2.45. The van der Waals surface area contributed by atoms with E-state index in [1.807, 2.05) is 24.3 Å². The molecule has 2 N–H and O–H groups in total. The first kappa shape index (κ1) is 17.2. The topological polar surface area (TPSA) is 59.0 Å². The van der Waals surface area contributed by atoms with Crippen molar-refractivity contribution in [3.05, 3.63) is 88.8 Å². The fraction of sp³-hybridized carbons (Fsp3) is 0.208. The monoisotopic (exact) mass is 354 g/mol. The van der Waals surface area contributed by atoms with Crippen LogP contribution in [0.5, 0.6) is 5.75 Å². The Balaban J connectivity index is 1.86. The molecule has 134 valence electrons. The molecule has 1 heterocycles. The number of nitriles is 1. The van der Waals surface area contributed by atoms with Crippen molar-refractivity contribution in [2.45, 2.75) is 26.2 Å². The molecule has 1 unspecified atom stereocenters. The van der Waals surface area contributed by atoms with Crippen molar-refractivity contribution < 1.29 is 4.74 Å². The number of fused-ring (bicyclic) bond motifs is 3. The number of hydrogen-bond donors (Lipinski definition) is 1. The summed E-state index contributed by atoms with van der Waals surface area (Å²) in [4.78, 5) is 0. The lowest BCUT2D eigenvalue weighted by Gasteiger charge is -2.27. The summed E-state index contributed by atoms with van der Waals surface area (Å²) in [6.45, 7) is 4.43. The summed E-state index contributed by atoms with van der Waals surface area (Å²) in [7, 11) is 0. The van der Waals surface area contributed by atoms with E-state index in [-0.39, 0.29) is 11.8 Å². The van der Waals surface area contributed by atoms with Crippen molar-refractivity contribution in [1.29, 1.82) is 5.26 Å². The van der Waals surface area contributed by atoms with Gasteiger partial charge in [-0.25, -0.2) is 0 Å². The maximum atomic E-state index is 9.74. The Morgan fingerprint density at radius 2 is 1.78 bits per heavy atom. The Labute approximate surface area is 159 Å². The molecule has 0 aliphatic carbocycles. The van der Waals surface area contributed by atoms with E-state index in [1.54, 1.807) is 0 Å². The van der Waals surface area contributed by atoms with Crippen LogP contribution in [0.25, 0.3) is 10.8 Å². The van der Waals surface area contributed by atoms with Gasteiger partial charge in [-0.15, -0.1) is 0 Å². The van der Waals surface area contributed by atoms with Gasteiger partial charge in [0, 0.05) is 10.9 Å². The highest BCUT2D eigenvalue weighted by Gasteiger charge is 2.31. The second-order valence-corrected chi connectivity index (χ2v) is 7.47. The molecule has 4 rings (SSSR count). The SMILES string of the molecule is CC(C)Cc1ccc(C2C(C#N)=C(N)Oc3c2ccc2ccccc32)cc1. The van der Waals surface area contributed by atoms with Gasteiger partial charge in [0.15, 0.2) is 0 Å². The Hall–Kier alpha value is -3.25. The van der Waals surface area contributed by atoms with Gasteiger partial charge in [0.25, 0.3) is 0 Å². The molecule has 0 amide bonds. The fourth-order valence-corrected chi connectivity index (χ4v) is 3.85. The minimum absolute atomic E-state index is 0.192. The predicted molar refractivity (Wildman–Crippen MR) is 108 cm³/mol. The third-order valence-electron chi connectivity index (χ3n) is 5.06. The number of ether oxygens (including phenoxy) is 1. The van der Waals surface area contributed by atoms with Gasteiger partial charge in [-0.3, -0.25) is 0 Å². The molecular weight excluding hydrogens is 332 g/mol. The maximum absolute atomic E-state index is 9.74. The fourth-order valence-electron chi connectivity index (χ4n) is 3.85. The van der Waals surface area contributed by atoms with Crippen LogP contribution in [0.4, 0.5) is 0 Å². The molecule has 1 aliphatic heterocycles. The molecule has 0 saturated carbocycles. The van der Waals surface area contributed by atoms with E-state index in [1.165, 1.54) is 5.56 Å². The molecule has 0 spiro atoms. The Morgan fingerprint density at radius 3 is 2.48 bits per heavy atom. The Kier molecular flexibility index (Phi) is 4.33. The van der Waals surface area contributed by atoms with Crippen molar-refractivity contribution in [3.63, 3.8) is 0 Å². The van der Waals surface area contributed by atoms with Gasteiger partial charge in [0.1, 0.15) is 17.4 Å². The lowest BCUT2D eigenvalue weighted by atomic mass is 9.82. The van der Waals surface area contributed by atoms with Crippen LogP contribution in [0.1, 0.15) is 36.5 Å². The summed E-state index contributed by atoms with van der Waals surface area (Å²) in [5, 5.41) is 11.8. The lowest BCUT2D eigenvalue weighted by molar-refractivity contribution is 0.398. The first-order chi connectivity index (χ1) is 13.1. The van der Waals surface area contributed by atoms with Crippen LogP contribution in [0.2, 0.25) is 0 Å². The minimum atomic E-state index is -0.212. The third kappa shape index (κ3) is 3.04. The van der Waals surface area contributed by atoms with E-state index >= 15 is 0 Å². The normalized spacial score (nSPS) is 16.1. The van der Waals surface area contributed by atoms with Crippen LogP contribution in [0, 0.1) is 17.2 Å². The van der Waals surface area contributed by atoms with Crippen LogP contribution in [0.3, 0.4) is 0 Å². The summed E-state index contributed by atoms with van der Waals surface area (Å²) >= 11 is 0. The maximum Gasteiger partial charge on any atom is 0.205 e. The predicted octanol–water partition coefficient (Wildman–Crippen LogP) is 5.26. The zero-order chi connectivity index (χ0) is 19.0.